The van der Waals surface area contributed by atoms with E-state index in [2.05, 4.69) is 42.9 Å². The van der Waals surface area contributed by atoms with Gasteiger partial charge in [0.25, 0.3) is 5.91 Å². The zero-order valence-corrected chi connectivity index (χ0v) is 18.3. The summed E-state index contributed by atoms with van der Waals surface area (Å²) < 4.78 is 3.12. The average Bonchev–Trinajstić information content (AvgIpc) is 2.98. The number of imidazole rings is 1. The zero-order valence-electron chi connectivity index (χ0n) is 15.9. The standard InChI is InChI=1S/C22H18BrClN4O/c1-13-19(27-22(29)17-5-3-4-6-18(17)24)11-20-21(25-13)28(14(2)26-20)12-15-7-9-16(23)10-8-15/h3-11H,12H2,1-2H3,(H,27,29). The van der Waals surface area contributed by atoms with E-state index >= 15 is 0 Å². The van der Waals surface area contributed by atoms with E-state index in [1.54, 1.807) is 24.3 Å². The fraction of sp³-hybridized carbons (Fsp3) is 0.136. The minimum Gasteiger partial charge on any atom is -0.320 e. The SMILES string of the molecule is Cc1nc2c(cc1NC(=O)c1ccccc1Cl)nc(C)n2Cc1ccc(Br)cc1. The third kappa shape index (κ3) is 4.04. The van der Waals surface area contributed by atoms with E-state index < -0.39 is 0 Å². The molecular weight excluding hydrogens is 452 g/mol. The molecule has 0 aliphatic rings. The van der Waals surface area contributed by atoms with Crippen LogP contribution in [0.25, 0.3) is 11.2 Å². The minimum atomic E-state index is -0.272. The molecule has 0 unspecified atom stereocenters. The van der Waals surface area contributed by atoms with Crippen molar-refractivity contribution in [3.05, 3.63) is 86.7 Å². The number of aromatic nitrogens is 3. The van der Waals surface area contributed by atoms with Gasteiger partial charge in [0.2, 0.25) is 0 Å². The largest absolute Gasteiger partial charge is 0.320 e. The number of nitrogens with zero attached hydrogens (tertiary/aromatic N) is 3. The van der Waals surface area contributed by atoms with Crippen LogP contribution in [0.1, 0.15) is 27.4 Å². The van der Waals surface area contributed by atoms with Crippen molar-refractivity contribution >= 4 is 50.3 Å². The zero-order chi connectivity index (χ0) is 20.5. The summed E-state index contributed by atoms with van der Waals surface area (Å²) in [5, 5.41) is 3.31. The van der Waals surface area contributed by atoms with Crippen LogP contribution in [0.15, 0.2) is 59.1 Å². The summed E-state index contributed by atoms with van der Waals surface area (Å²) in [6.45, 7) is 4.50. The predicted octanol–water partition coefficient (Wildman–Crippen LogP) is 5.76. The molecule has 0 spiro atoms. The smallest absolute Gasteiger partial charge is 0.257 e. The number of rotatable bonds is 4. The molecule has 2 heterocycles. The van der Waals surface area contributed by atoms with Gasteiger partial charge in [-0.3, -0.25) is 4.79 Å². The number of anilines is 1. The molecule has 4 rings (SSSR count). The molecule has 1 amide bonds. The molecule has 0 saturated carbocycles. The van der Waals surface area contributed by atoms with Crippen LogP contribution in [-0.2, 0) is 6.54 Å². The lowest BCUT2D eigenvalue weighted by Crippen LogP contribution is -2.14. The summed E-state index contributed by atoms with van der Waals surface area (Å²) in [5.41, 5.74) is 4.45. The lowest BCUT2D eigenvalue weighted by atomic mass is 10.2. The van der Waals surface area contributed by atoms with Crippen molar-refractivity contribution < 1.29 is 4.79 Å². The average molecular weight is 470 g/mol. The van der Waals surface area contributed by atoms with E-state index in [9.17, 15) is 4.79 Å². The van der Waals surface area contributed by atoms with Crippen molar-refractivity contribution in [2.45, 2.75) is 20.4 Å². The van der Waals surface area contributed by atoms with Gasteiger partial charge in [-0.05, 0) is 49.7 Å². The molecule has 1 N–H and O–H groups in total. The Balaban J connectivity index is 1.66. The summed E-state index contributed by atoms with van der Waals surface area (Å²) in [4.78, 5) is 22.0. The van der Waals surface area contributed by atoms with Crippen LogP contribution < -0.4 is 5.32 Å². The molecule has 2 aromatic carbocycles. The third-order valence-corrected chi connectivity index (χ3v) is 5.58. The Kier molecular flexibility index (Phi) is 5.39. The number of carbonyl (C=O) groups is 1. The van der Waals surface area contributed by atoms with E-state index in [-0.39, 0.29) is 5.91 Å². The molecule has 0 radical (unpaired) electrons. The van der Waals surface area contributed by atoms with Crippen LogP contribution in [0.5, 0.6) is 0 Å². The second kappa shape index (κ2) is 7.97. The van der Waals surface area contributed by atoms with Crippen molar-refractivity contribution in [1.82, 2.24) is 14.5 Å². The summed E-state index contributed by atoms with van der Waals surface area (Å²) in [6.07, 6.45) is 0. The topological polar surface area (TPSA) is 59.8 Å². The summed E-state index contributed by atoms with van der Waals surface area (Å²) in [7, 11) is 0. The molecule has 7 heteroatoms. The normalized spacial score (nSPS) is 11.0. The first kappa shape index (κ1) is 19.6. The fourth-order valence-corrected chi connectivity index (χ4v) is 3.66. The lowest BCUT2D eigenvalue weighted by molar-refractivity contribution is 0.102. The van der Waals surface area contributed by atoms with E-state index in [1.807, 2.05) is 32.0 Å². The van der Waals surface area contributed by atoms with Gasteiger partial charge in [0.15, 0.2) is 5.65 Å². The first-order valence-electron chi connectivity index (χ1n) is 9.07. The number of carbonyl (C=O) groups excluding carboxylic acids is 1. The van der Waals surface area contributed by atoms with Gasteiger partial charge in [-0.25, -0.2) is 9.97 Å². The molecule has 5 nitrogen and oxygen atoms in total. The highest BCUT2D eigenvalue weighted by Gasteiger charge is 2.15. The van der Waals surface area contributed by atoms with Gasteiger partial charge in [-0.15, -0.1) is 0 Å². The molecular formula is C22H18BrClN4O. The van der Waals surface area contributed by atoms with Gasteiger partial charge in [-0.1, -0.05) is 51.8 Å². The number of aryl methyl sites for hydroxylation is 2. The van der Waals surface area contributed by atoms with Gasteiger partial charge in [0.05, 0.1) is 28.5 Å². The number of hydrogen-bond donors (Lipinski definition) is 1. The van der Waals surface area contributed by atoms with E-state index in [0.717, 1.165) is 32.7 Å². The number of halogens is 2. The number of hydrogen-bond acceptors (Lipinski definition) is 3. The quantitative estimate of drug-likeness (QED) is 0.413. The molecule has 0 atom stereocenters. The molecule has 4 aromatic rings. The Morgan fingerprint density at radius 3 is 2.55 bits per heavy atom. The molecule has 0 fully saturated rings. The molecule has 0 aliphatic carbocycles. The fourth-order valence-electron chi connectivity index (χ4n) is 3.17. The van der Waals surface area contributed by atoms with Gasteiger partial charge in [-0.2, -0.15) is 0 Å². The number of nitrogens with one attached hydrogen (secondary N) is 1. The van der Waals surface area contributed by atoms with E-state index in [1.165, 1.54) is 0 Å². The minimum absolute atomic E-state index is 0.272. The van der Waals surface area contributed by atoms with Crippen molar-refractivity contribution in [1.29, 1.82) is 0 Å². The van der Waals surface area contributed by atoms with Gasteiger partial charge in [0.1, 0.15) is 11.3 Å². The monoisotopic (exact) mass is 468 g/mol. The maximum atomic E-state index is 12.6. The summed E-state index contributed by atoms with van der Waals surface area (Å²) >= 11 is 9.60. The van der Waals surface area contributed by atoms with Crippen LogP contribution >= 0.6 is 27.5 Å². The van der Waals surface area contributed by atoms with Crippen molar-refractivity contribution in [2.75, 3.05) is 5.32 Å². The Labute approximate surface area is 181 Å². The second-order valence-corrected chi connectivity index (χ2v) is 8.09. The van der Waals surface area contributed by atoms with Crippen LogP contribution in [0.2, 0.25) is 5.02 Å². The highest BCUT2D eigenvalue weighted by molar-refractivity contribution is 9.10. The van der Waals surface area contributed by atoms with Gasteiger partial charge in [0, 0.05) is 4.47 Å². The Hall–Kier alpha value is -2.70. The van der Waals surface area contributed by atoms with Gasteiger partial charge < -0.3 is 9.88 Å². The molecule has 146 valence electrons. The molecule has 0 saturated heterocycles. The van der Waals surface area contributed by atoms with Crippen LogP contribution in [-0.4, -0.2) is 20.4 Å². The van der Waals surface area contributed by atoms with Crippen molar-refractivity contribution in [2.24, 2.45) is 0 Å². The molecule has 29 heavy (non-hydrogen) atoms. The highest BCUT2D eigenvalue weighted by Crippen LogP contribution is 2.24. The maximum Gasteiger partial charge on any atom is 0.257 e. The number of fused-ring (bicyclic) bond motifs is 1. The van der Waals surface area contributed by atoms with E-state index in [4.69, 9.17) is 16.6 Å². The van der Waals surface area contributed by atoms with Gasteiger partial charge >= 0.3 is 0 Å². The summed E-state index contributed by atoms with van der Waals surface area (Å²) in [5.74, 6) is 0.593. The Morgan fingerprint density at radius 2 is 1.83 bits per heavy atom. The van der Waals surface area contributed by atoms with Crippen molar-refractivity contribution in [3.63, 3.8) is 0 Å². The molecule has 2 aromatic heterocycles. The lowest BCUT2D eigenvalue weighted by Gasteiger charge is -2.10. The van der Waals surface area contributed by atoms with Crippen LogP contribution in [0.4, 0.5) is 5.69 Å². The second-order valence-electron chi connectivity index (χ2n) is 6.77. The number of benzene rings is 2. The molecule has 0 aliphatic heterocycles. The Bertz CT molecular complexity index is 1220. The number of pyridine rings is 1. The first-order valence-corrected chi connectivity index (χ1v) is 10.2. The van der Waals surface area contributed by atoms with Crippen molar-refractivity contribution in [3.8, 4) is 0 Å². The highest BCUT2D eigenvalue weighted by atomic mass is 79.9. The number of amides is 1. The first-order chi connectivity index (χ1) is 13.9. The van der Waals surface area contributed by atoms with Crippen LogP contribution in [0, 0.1) is 13.8 Å². The Morgan fingerprint density at radius 1 is 1.10 bits per heavy atom. The predicted molar refractivity (Wildman–Crippen MR) is 120 cm³/mol. The third-order valence-electron chi connectivity index (χ3n) is 4.72. The van der Waals surface area contributed by atoms with Crippen LogP contribution in [0.3, 0.4) is 0 Å². The maximum absolute atomic E-state index is 12.6. The van der Waals surface area contributed by atoms with E-state index in [0.29, 0.717) is 22.8 Å². The molecule has 0 bridgehead atoms. The summed E-state index contributed by atoms with van der Waals surface area (Å²) in [6, 6.07) is 17.0.